The molecule has 2 aliphatic heterocycles. The van der Waals surface area contributed by atoms with Gasteiger partial charge in [0.1, 0.15) is 6.10 Å². The van der Waals surface area contributed by atoms with Crippen molar-refractivity contribution in [1.29, 1.82) is 0 Å². The lowest BCUT2D eigenvalue weighted by Gasteiger charge is -2.32. The van der Waals surface area contributed by atoms with Gasteiger partial charge in [-0.25, -0.2) is 4.79 Å². The SMILES string of the molecule is CC=C(C)C(=O)O[C@H]1c2cc3c(cc2-c2c(cc(OC)c(OC)c2OC)C[C@@H]2C(=O)OC[C@@H]21)OCO3. The molecule has 5 rings (SSSR count). The van der Waals surface area contributed by atoms with Crippen LogP contribution in [-0.4, -0.2) is 46.7 Å². The molecule has 0 spiro atoms. The van der Waals surface area contributed by atoms with E-state index in [1.807, 2.05) is 18.2 Å². The first-order valence-corrected chi connectivity index (χ1v) is 11.7. The van der Waals surface area contributed by atoms with E-state index in [2.05, 4.69) is 0 Å². The van der Waals surface area contributed by atoms with Crippen molar-refractivity contribution in [3.05, 3.63) is 41.0 Å². The largest absolute Gasteiger partial charge is 0.493 e. The van der Waals surface area contributed by atoms with E-state index < -0.39 is 23.9 Å². The number of ether oxygens (including phenoxy) is 7. The molecule has 1 saturated heterocycles. The van der Waals surface area contributed by atoms with Crippen molar-refractivity contribution < 1.29 is 42.7 Å². The Morgan fingerprint density at radius 1 is 1.00 bits per heavy atom. The first-order valence-electron chi connectivity index (χ1n) is 11.7. The van der Waals surface area contributed by atoms with Gasteiger partial charge in [-0.1, -0.05) is 6.08 Å². The van der Waals surface area contributed by atoms with Crippen LogP contribution in [0.15, 0.2) is 29.8 Å². The third-order valence-electron chi connectivity index (χ3n) is 7.09. The van der Waals surface area contributed by atoms with E-state index in [-0.39, 0.29) is 19.4 Å². The van der Waals surface area contributed by atoms with E-state index in [1.54, 1.807) is 34.1 Å². The number of esters is 2. The van der Waals surface area contributed by atoms with Gasteiger partial charge >= 0.3 is 11.9 Å². The number of hydrogen-bond acceptors (Lipinski definition) is 9. The maximum atomic E-state index is 13.0. The van der Waals surface area contributed by atoms with Crippen LogP contribution in [0.25, 0.3) is 11.1 Å². The molecule has 0 saturated carbocycles. The Kier molecular flexibility index (Phi) is 6.15. The third-order valence-corrected chi connectivity index (χ3v) is 7.09. The molecule has 2 aromatic carbocycles. The molecule has 36 heavy (non-hydrogen) atoms. The Balaban J connectivity index is 1.82. The van der Waals surface area contributed by atoms with E-state index in [4.69, 9.17) is 33.2 Å². The molecule has 9 nitrogen and oxygen atoms in total. The molecule has 0 amide bonds. The van der Waals surface area contributed by atoms with Crippen molar-refractivity contribution in [3.63, 3.8) is 0 Å². The van der Waals surface area contributed by atoms with Crippen molar-refractivity contribution in [1.82, 2.24) is 0 Å². The molecule has 0 radical (unpaired) electrons. The minimum absolute atomic E-state index is 0.0734. The van der Waals surface area contributed by atoms with Crippen molar-refractivity contribution in [3.8, 4) is 39.9 Å². The lowest BCUT2D eigenvalue weighted by molar-refractivity contribution is -0.149. The summed E-state index contributed by atoms with van der Waals surface area (Å²) < 4.78 is 40.0. The summed E-state index contributed by atoms with van der Waals surface area (Å²) in [7, 11) is 4.62. The summed E-state index contributed by atoms with van der Waals surface area (Å²) in [5, 5.41) is 0. The standard InChI is InChI=1S/C27H28O9/c1-6-13(2)26(28)36-23-16-10-20-19(34-12-35-20)9-15(16)22-14(7-17-18(23)11-33-27(17)29)8-21(30-3)24(31-4)25(22)32-5/h6,8-10,17-18,23H,7,11-12H2,1-5H3/t17-,18-,23-/m0/s1. The normalized spacial score (nSPS) is 21.9. The monoisotopic (exact) mass is 496 g/mol. The predicted octanol–water partition coefficient (Wildman–Crippen LogP) is 4.00. The fraction of sp³-hybridized carbons (Fsp3) is 0.407. The van der Waals surface area contributed by atoms with E-state index in [1.165, 1.54) is 7.11 Å². The van der Waals surface area contributed by atoms with Gasteiger partial charge in [-0.05, 0) is 49.6 Å². The van der Waals surface area contributed by atoms with Crippen LogP contribution in [0.2, 0.25) is 0 Å². The highest BCUT2D eigenvalue weighted by atomic mass is 16.7. The number of hydrogen-bond donors (Lipinski definition) is 0. The highest BCUT2D eigenvalue weighted by Gasteiger charge is 2.47. The Bertz CT molecular complexity index is 1260. The minimum atomic E-state index is -0.778. The summed E-state index contributed by atoms with van der Waals surface area (Å²) in [6.07, 6.45) is 1.24. The van der Waals surface area contributed by atoms with Crippen LogP contribution in [0, 0.1) is 11.8 Å². The molecule has 190 valence electrons. The summed E-state index contributed by atoms with van der Waals surface area (Å²) in [4.78, 5) is 25.9. The molecular formula is C27H28O9. The average molecular weight is 497 g/mol. The van der Waals surface area contributed by atoms with Crippen LogP contribution in [0.1, 0.15) is 31.1 Å². The van der Waals surface area contributed by atoms with Crippen molar-refractivity contribution >= 4 is 11.9 Å². The second kappa shape index (κ2) is 9.29. The topological polar surface area (TPSA) is 98.8 Å². The van der Waals surface area contributed by atoms with Crippen LogP contribution in [0.4, 0.5) is 0 Å². The average Bonchev–Trinajstić information content (AvgIpc) is 3.50. The number of benzene rings is 2. The Morgan fingerprint density at radius 2 is 1.72 bits per heavy atom. The smallest absolute Gasteiger partial charge is 0.333 e. The maximum Gasteiger partial charge on any atom is 0.333 e. The van der Waals surface area contributed by atoms with Gasteiger partial charge in [0.05, 0.1) is 33.9 Å². The number of methoxy groups -OCH3 is 3. The first kappa shape index (κ1) is 23.8. The lowest BCUT2D eigenvalue weighted by Crippen LogP contribution is -2.30. The fourth-order valence-corrected chi connectivity index (χ4v) is 5.13. The van der Waals surface area contributed by atoms with Crippen molar-refractivity contribution in [2.75, 3.05) is 34.7 Å². The number of cyclic esters (lactones) is 1. The van der Waals surface area contributed by atoms with Gasteiger partial charge in [-0.3, -0.25) is 4.79 Å². The number of carbonyl (C=O) groups is 2. The van der Waals surface area contributed by atoms with Crippen LogP contribution in [-0.2, 0) is 25.5 Å². The second-order valence-corrected chi connectivity index (χ2v) is 8.87. The Hall–Kier alpha value is -3.88. The Morgan fingerprint density at radius 3 is 2.39 bits per heavy atom. The van der Waals surface area contributed by atoms with Gasteiger partial charge in [0, 0.05) is 22.6 Å². The van der Waals surface area contributed by atoms with Crippen molar-refractivity contribution in [2.24, 2.45) is 11.8 Å². The molecule has 0 N–H and O–H groups in total. The molecule has 0 unspecified atom stereocenters. The molecule has 1 fully saturated rings. The Labute approximate surface area is 208 Å². The van der Waals surface area contributed by atoms with E-state index in [0.29, 0.717) is 51.9 Å². The zero-order valence-corrected chi connectivity index (χ0v) is 20.8. The molecule has 3 aliphatic rings. The van der Waals surface area contributed by atoms with Gasteiger partial charge in [-0.2, -0.15) is 0 Å². The summed E-state index contributed by atoms with van der Waals surface area (Å²) >= 11 is 0. The van der Waals surface area contributed by atoms with Gasteiger partial charge in [0.2, 0.25) is 12.5 Å². The number of fused-ring (bicyclic) bond motifs is 5. The third kappa shape index (κ3) is 3.70. The first-order chi connectivity index (χ1) is 17.4. The minimum Gasteiger partial charge on any atom is -0.493 e. The number of carbonyl (C=O) groups excluding carboxylic acids is 2. The zero-order chi connectivity index (χ0) is 25.6. The molecule has 0 bridgehead atoms. The van der Waals surface area contributed by atoms with Gasteiger partial charge in [0.25, 0.3) is 0 Å². The lowest BCUT2D eigenvalue weighted by atomic mass is 9.76. The predicted molar refractivity (Wildman–Crippen MR) is 128 cm³/mol. The quantitative estimate of drug-likeness (QED) is 0.449. The molecule has 2 aromatic rings. The van der Waals surface area contributed by atoms with Gasteiger partial charge in [-0.15, -0.1) is 0 Å². The summed E-state index contributed by atoms with van der Waals surface area (Å²) in [6.45, 7) is 3.66. The second-order valence-electron chi connectivity index (χ2n) is 8.87. The van der Waals surface area contributed by atoms with E-state index in [0.717, 1.165) is 11.1 Å². The van der Waals surface area contributed by atoms with E-state index >= 15 is 0 Å². The van der Waals surface area contributed by atoms with Crippen LogP contribution >= 0.6 is 0 Å². The van der Waals surface area contributed by atoms with Gasteiger partial charge in [0.15, 0.2) is 23.0 Å². The van der Waals surface area contributed by atoms with Gasteiger partial charge < -0.3 is 33.2 Å². The van der Waals surface area contributed by atoms with Crippen LogP contribution in [0.5, 0.6) is 28.7 Å². The summed E-state index contributed by atoms with van der Waals surface area (Å²) in [5.74, 6) is 0.648. The maximum absolute atomic E-state index is 13.0. The molecule has 3 atom stereocenters. The van der Waals surface area contributed by atoms with Crippen LogP contribution in [0.3, 0.4) is 0 Å². The highest BCUT2D eigenvalue weighted by Crippen LogP contribution is 2.55. The highest BCUT2D eigenvalue weighted by molar-refractivity contribution is 5.89. The van der Waals surface area contributed by atoms with Crippen LogP contribution < -0.4 is 23.7 Å². The van der Waals surface area contributed by atoms with Crippen molar-refractivity contribution in [2.45, 2.75) is 26.4 Å². The summed E-state index contributed by atoms with van der Waals surface area (Å²) in [5.41, 5.74) is 3.36. The van der Waals surface area contributed by atoms with E-state index in [9.17, 15) is 9.59 Å². The molecule has 1 aliphatic carbocycles. The number of allylic oxidation sites excluding steroid dienone is 1. The molecule has 9 heteroatoms. The molecule has 2 heterocycles. The number of rotatable bonds is 5. The summed E-state index contributed by atoms with van der Waals surface area (Å²) in [6, 6.07) is 5.52. The fourth-order valence-electron chi connectivity index (χ4n) is 5.13. The zero-order valence-electron chi connectivity index (χ0n) is 20.8. The molecule has 0 aromatic heterocycles. The molecular weight excluding hydrogens is 468 g/mol.